The van der Waals surface area contributed by atoms with Gasteiger partial charge in [-0.2, -0.15) is 13.2 Å². The second-order valence-corrected chi connectivity index (χ2v) is 11.8. The van der Waals surface area contributed by atoms with Gasteiger partial charge in [-0.3, -0.25) is 14.6 Å². The monoisotopic (exact) mass is 690 g/mol. The molecule has 1 aliphatic rings. The first-order chi connectivity index (χ1) is 24.0. The normalized spacial score (nSPS) is 12.8. The molecule has 0 unspecified atom stereocenters. The number of carbonyl (C=O) groups excluding carboxylic acids is 2. The van der Waals surface area contributed by atoms with Crippen molar-refractivity contribution in [2.75, 3.05) is 39.8 Å². The molecule has 0 spiro atoms. The number of pyridine rings is 1. The zero-order chi connectivity index (χ0) is 35.9. The number of rotatable bonds is 13. The van der Waals surface area contributed by atoms with Crippen LogP contribution < -0.4 is 10.1 Å². The smallest absolute Gasteiger partial charge is 0.490 e. The van der Waals surface area contributed by atoms with Crippen LogP contribution in [0.5, 0.6) is 5.75 Å². The van der Waals surface area contributed by atoms with E-state index < -0.39 is 12.1 Å². The lowest BCUT2D eigenvalue weighted by Gasteiger charge is -2.24. The molecule has 2 heterocycles. The molecule has 9 nitrogen and oxygen atoms in total. The molecule has 2 amide bonds. The van der Waals surface area contributed by atoms with Gasteiger partial charge in [0.05, 0.1) is 13.5 Å². The summed E-state index contributed by atoms with van der Waals surface area (Å²) >= 11 is 0. The Labute approximate surface area is 289 Å². The molecule has 12 heteroatoms. The molecule has 0 bridgehead atoms. The van der Waals surface area contributed by atoms with Crippen molar-refractivity contribution in [1.82, 2.24) is 20.1 Å². The molecule has 0 radical (unpaired) electrons. The third-order valence-electron chi connectivity index (χ3n) is 8.20. The number of likely N-dealkylation sites (tertiary alicyclic amines) is 1. The van der Waals surface area contributed by atoms with E-state index in [0.29, 0.717) is 31.6 Å². The van der Waals surface area contributed by atoms with Crippen molar-refractivity contribution in [2.45, 2.75) is 38.4 Å². The van der Waals surface area contributed by atoms with E-state index >= 15 is 0 Å². The van der Waals surface area contributed by atoms with Crippen LogP contribution in [-0.2, 0) is 29.0 Å². The fourth-order valence-corrected chi connectivity index (χ4v) is 5.48. The largest absolute Gasteiger partial charge is 0.497 e. The maximum absolute atomic E-state index is 13.6. The molecule has 1 aromatic heterocycles. The molecule has 5 rings (SSSR count). The zero-order valence-corrected chi connectivity index (χ0v) is 27.9. The van der Waals surface area contributed by atoms with Crippen molar-refractivity contribution in [2.24, 2.45) is 0 Å². The van der Waals surface area contributed by atoms with Gasteiger partial charge in [-0.15, -0.1) is 0 Å². The van der Waals surface area contributed by atoms with Crippen molar-refractivity contribution < 1.29 is 37.4 Å². The molecule has 0 aliphatic carbocycles. The van der Waals surface area contributed by atoms with Crippen LogP contribution in [0.4, 0.5) is 13.2 Å². The van der Waals surface area contributed by atoms with Gasteiger partial charge in [-0.1, -0.05) is 42.5 Å². The minimum Gasteiger partial charge on any atom is -0.497 e. The van der Waals surface area contributed by atoms with Crippen LogP contribution in [0.3, 0.4) is 0 Å². The van der Waals surface area contributed by atoms with E-state index in [4.69, 9.17) is 14.6 Å². The average Bonchev–Trinajstić information content (AvgIpc) is 3.64. The summed E-state index contributed by atoms with van der Waals surface area (Å²) in [5.41, 5.74) is 5.77. The number of methoxy groups -OCH3 is 1. The first-order valence-electron chi connectivity index (χ1n) is 16.3. The number of aromatic nitrogens is 1. The number of alkyl halides is 3. The Balaban J connectivity index is 0.000000727. The summed E-state index contributed by atoms with van der Waals surface area (Å²) in [4.78, 5) is 43.8. The van der Waals surface area contributed by atoms with Gasteiger partial charge in [0.25, 0.3) is 5.91 Å². The number of hydrogen-bond donors (Lipinski definition) is 2. The molecule has 264 valence electrons. The molecule has 4 aromatic rings. The first kappa shape index (κ1) is 37.6. The van der Waals surface area contributed by atoms with Crippen LogP contribution in [0.15, 0.2) is 97.3 Å². The minimum absolute atomic E-state index is 0.0522. The molecular formula is C38H41F3N4O5. The van der Waals surface area contributed by atoms with Crippen LogP contribution >= 0.6 is 0 Å². The van der Waals surface area contributed by atoms with E-state index in [2.05, 4.69) is 27.3 Å². The van der Waals surface area contributed by atoms with Gasteiger partial charge >= 0.3 is 12.1 Å². The molecule has 50 heavy (non-hydrogen) atoms. The number of nitrogens with zero attached hydrogens (tertiary/aromatic N) is 3. The second-order valence-electron chi connectivity index (χ2n) is 11.8. The number of aliphatic carboxylic acids is 1. The van der Waals surface area contributed by atoms with E-state index in [9.17, 15) is 22.8 Å². The Morgan fingerprint density at radius 1 is 0.880 bits per heavy atom. The lowest BCUT2D eigenvalue weighted by atomic mass is 10.0. The van der Waals surface area contributed by atoms with E-state index in [1.54, 1.807) is 19.5 Å². The highest BCUT2D eigenvalue weighted by Crippen LogP contribution is 2.23. The van der Waals surface area contributed by atoms with Gasteiger partial charge in [0, 0.05) is 44.1 Å². The van der Waals surface area contributed by atoms with Crippen molar-refractivity contribution >= 4 is 17.8 Å². The standard InChI is InChI=1S/C36H40N4O3.C2HF3O2/c1-43-34-12-10-29(11-13-34)25-35(41)40(22-16-28-14-17-37-18-15-28)27-30-6-4-7-31(24-30)32-8-5-9-33(26-32)36(42)38-19-23-39-20-2-3-21-39;3-2(4,5)1(6)7/h4-15,17-18,24,26H,2-3,16,19-23,25,27H2,1H3,(H,38,42);(H,6,7). The maximum Gasteiger partial charge on any atom is 0.490 e. The summed E-state index contributed by atoms with van der Waals surface area (Å²) < 4.78 is 37.0. The highest BCUT2D eigenvalue weighted by Gasteiger charge is 2.38. The Bertz CT molecular complexity index is 1690. The summed E-state index contributed by atoms with van der Waals surface area (Å²) in [7, 11) is 1.64. The lowest BCUT2D eigenvalue weighted by Crippen LogP contribution is -2.33. The van der Waals surface area contributed by atoms with Crippen LogP contribution in [-0.4, -0.2) is 83.7 Å². The number of ether oxygens (including phenoxy) is 1. The fourth-order valence-electron chi connectivity index (χ4n) is 5.48. The Hall–Kier alpha value is -5.23. The van der Waals surface area contributed by atoms with Crippen molar-refractivity contribution in [3.05, 3.63) is 120 Å². The van der Waals surface area contributed by atoms with E-state index in [0.717, 1.165) is 59.6 Å². The summed E-state index contributed by atoms with van der Waals surface area (Å²) in [6.45, 7) is 4.87. The molecule has 0 atom stereocenters. The van der Waals surface area contributed by atoms with Crippen LogP contribution in [0, 0.1) is 0 Å². The summed E-state index contributed by atoms with van der Waals surface area (Å²) in [6, 6.07) is 27.6. The number of carboxylic acids is 1. The lowest BCUT2D eigenvalue weighted by molar-refractivity contribution is -0.192. The molecule has 2 N–H and O–H groups in total. The summed E-state index contributed by atoms with van der Waals surface area (Å²) in [6.07, 6.45) is 2.03. The van der Waals surface area contributed by atoms with E-state index in [1.807, 2.05) is 77.7 Å². The van der Waals surface area contributed by atoms with Crippen LogP contribution in [0.1, 0.15) is 39.9 Å². The number of benzene rings is 3. The Morgan fingerprint density at radius 3 is 2.16 bits per heavy atom. The van der Waals surface area contributed by atoms with Crippen molar-refractivity contribution in [3.8, 4) is 16.9 Å². The zero-order valence-electron chi connectivity index (χ0n) is 27.9. The highest BCUT2D eigenvalue weighted by molar-refractivity contribution is 5.95. The van der Waals surface area contributed by atoms with Gasteiger partial charge in [-0.05, 0) is 103 Å². The predicted molar refractivity (Wildman–Crippen MR) is 184 cm³/mol. The first-order valence-corrected chi connectivity index (χ1v) is 16.3. The topological polar surface area (TPSA) is 112 Å². The van der Waals surface area contributed by atoms with Gasteiger partial charge in [0.1, 0.15) is 5.75 Å². The average molecular weight is 691 g/mol. The maximum atomic E-state index is 13.6. The minimum atomic E-state index is -5.08. The van der Waals surface area contributed by atoms with Crippen LogP contribution in [0.2, 0.25) is 0 Å². The van der Waals surface area contributed by atoms with Gasteiger partial charge in [0.2, 0.25) is 5.91 Å². The SMILES string of the molecule is COc1ccc(CC(=O)N(CCc2ccncc2)Cc2cccc(-c3cccc(C(=O)NCCN4CCCC4)c3)c2)cc1.O=C(O)C(F)(F)F. The van der Waals surface area contributed by atoms with Gasteiger partial charge in [-0.25, -0.2) is 4.79 Å². The molecule has 1 saturated heterocycles. The molecule has 0 saturated carbocycles. The number of hydrogen-bond acceptors (Lipinski definition) is 6. The highest BCUT2D eigenvalue weighted by atomic mass is 19.4. The van der Waals surface area contributed by atoms with E-state index in [1.165, 1.54) is 12.8 Å². The third-order valence-corrected chi connectivity index (χ3v) is 8.20. The van der Waals surface area contributed by atoms with Gasteiger partial charge < -0.3 is 25.0 Å². The molecule has 1 aliphatic heterocycles. The Morgan fingerprint density at radius 2 is 1.52 bits per heavy atom. The number of halogens is 3. The summed E-state index contributed by atoms with van der Waals surface area (Å²) in [5.74, 6) is -1.97. The van der Waals surface area contributed by atoms with Crippen molar-refractivity contribution in [1.29, 1.82) is 0 Å². The number of amides is 2. The Kier molecular flexibility index (Phi) is 13.9. The van der Waals surface area contributed by atoms with Crippen molar-refractivity contribution in [3.63, 3.8) is 0 Å². The summed E-state index contributed by atoms with van der Waals surface area (Å²) in [5, 5.41) is 10.2. The molecular weight excluding hydrogens is 649 g/mol. The van der Waals surface area contributed by atoms with E-state index in [-0.39, 0.29) is 11.8 Å². The predicted octanol–water partition coefficient (Wildman–Crippen LogP) is 6.03. The van der Waals surface area contributed by atoms with Crippen LogP contribution in [0.25, 0.3) is 11.1 Å². The number of carboxylic acid groups (broad SMARTS) is 1. The van der Waals surface area contributed by atoms with Gasteiger partial charge in [0.15, 0.2) is 0 Å². The third kappa shape index (κ3) is 12.0. The molecule has 3 aromatic carbocycles. The number of carbonyl (C=O) groups is 3. The number of nitrogens with one attached hydrogen (secondary N) is 1. The second kappa shape index (κ2) is 18.5. The fraction of sp³-hybridized carbons (Fsp3) is 0.316. The molecule has 1 fully saturated rings. The quantitative estimate of drug-likeness (QED) is 0.176.